The molecule has 0 spiro atoms. The van der Waals surface area contributed by atoms with Gasteiger partial charge in [-0.1, -0.05) is 54.4 Å². The summed E-state index contributed by atoms with van der Waals surface area (Å²) in [5, 5.41) is 23.9. The van der Waals surface area contributed by atoms with Crippen LogP contribution in [-0.2, 0) is 20.9 Å². The molecule has 3 N–H and O–H groups in total. The van der Waals surface area contributed by atoms with Gasteiger partial charge in [-0.3, -0.25) is 14.4 Å². The maximum absolute atomic E-state index is 13.2. The molecule has 0 aromatic heterocycles. The molecule has 2 aliphatic rings. The maximum atomic E-state index is 13.2. The van der Waals surface area contributed by atoms with E-state index in [1.54, 1.807) is 37.3 Å². The maximum Gasteiger partial charge on any atom is 0.290 e. The summed E-state index contributed by atoms with van der Waals surface area (Å²) in [6.07, 6.45) is -0.620. The molecule has 4 unspecified atom stereocenters. The highest BCUT2D eigenvalue weighted by Gasteiger charge is 2.50. The highest BCUT2D eigenvalue weighted by Crippen LogP contribution is 2.47. The van der Waals surface area contributed by atoms with E-state index in [-0.39, 0.29) is 36.7 Å². The van der Waals surface area contributed by atoms with Crippen LogP contribution in [0.25, 0.3) is 0 Å². The van der Waals surface area contributed by atoms with Crippen molar-refractivity contribution in [2.75, 3.05) is 13.2 Å². The van der Waals surface area contributed by atoms with Gasteiger partial charge in [0, 0.05) is 30.6 Å². The van der Waals surface area contributed by atoms with E-state index in [1.807, 2.05) is 12.1 Å². The summed E-state index contributed by atoms with van der Waals surface area (Å²) < 4.78 is 6.06. The van der Waals surface area contributed by atoms with E-state index in [9.17, 15) is 24.6 Å². The number of para-hydroxylation sites is 1. The highest BCUT2D eigenvalue weighted by molar-refractivity contribution is 6.42. The molecule has 0 saturated carbocycles. The first-order chi connectivity index (χ1) is 17.3. The van der Waals surface area contributed by atoms with E-state index < -0.39 is 41.8 Å². The second-order valence-corrected chi connectivity index (χ2v) is 9.45. The van der Waals surface area contributed by atoms with Crippen molar-refractivity contribution in [1.82, 2.24) is 10.2 Å². The molecule has 8 nitrogen and oxygen atoms in total. The van der Waals surface area contributed by atoms with E-state index in [0.29, 0.717) is 16.3 Å². The van der Waals surface area contributed by atoms with Crippen molar-refractivity contribution in [2.24, 2.45) is 0 Å². The van der Waals surface area contributed by atoms with Crippen molar-refractivity contribution in [3.8, 4) is 5.75 Å². The minimum absolute atomic E-state index is 0.0267. The number of fused-ring (bicyclic) bond motifs is 3. The SMILES string of the molecule is CCC(=O)C(=O)N(Cc1ccc(Cl)c(Cl)c1)C1C=C(C(=O)NCCO)C2c3ccccc3OC2C1O. The van der Waals surface area contributed by atoms with Gasteiger partial charge >= 0.3 is 0 Å². The van der Waals surface area contributed by atoms with E-state index in [0.717, 1.165) is 5.56 Å². The van der Waals surface area contributed by atoms with Gasteiger partial charge in [-0.25, -0.2) is 0 Å². The molecule has 0 bridgehead atoms. The standard InChI is InChI=1S/C26H26Cl2N2O6/c1-2-20(32)26(35)30(13-14-7-8-17(27)18(28)11-14)19-12-16(25(34)29-9-10-31)22-15-5-3-4-6-21(15)36-24(22)23(19)33/h3-8,11-12,19,22-24,31,33H,2,9-10,13H2,1H3,(H,29,34). The molecule has 2 amide bonds. The number of carbonyl (C=O) groups excluding carboxylic acids is 3. The summed E-state index contributed by atoms with van der Waals surface area (Å²) in [4.78, 5) is 40.1. The summed E-state index contributed by atoms with van der Waals surface area (Å²) in [6, 6.07) is 11.0. The Bertz CT molecular complexity index is 1220. The fourth-order valence-corrected chi connectivity index (χ4v) is 4.97. The Labute approximate surface area is 218 Å². The lowest BCUT2D eigenvalue weighted by atomic mass is 9.77. The van der Waals surface area contributed by atoms with Crippen LogP contribution in [0.2, 0.25) is 10.0 Å². The molecule has 1 aliphatic heterocycles. The largest absolute Gasteiger partial charge is 0.486 e. The van der Waals surface area contributed by atoms with Crippen molar-refractivity contribution >= 4 is 40.8 Å². The van der Waals surface area contributed by atoms with E-state index in [4.69, 9.17) is 27.9 Å². The lowest BCUT2D eigenvalue weighted by Gasteiger charge is -2.40. The first kappa shape index (κ1) is 26.2. The third-order valence-corrected chi connectivity index (χ3v) is 7.13. The number of hydrogen-bond acceptors (Lipinski definition) is 6. The predicted octanol–water partition coefficient (Wildman–Crippen LogP) is 2.62. The van der Waals surface area contributed by atoms with Crippen molar-refractivity contribution in [1.29, 1.82) is 0 Å². The van der Waals surface area contributed by atoms with Gasteiger partial charge in [-0.15, -0.1) is 0 Å². The molecule has 0 fully saturated rings. The van der Waals surface area contributed by atoms with Crippen LogP contribution in [0.5, 0.6) is 5.75 Å². The average molecular weight is 533 g/mol. The Morgan fingerprint density at radius 1 is 1.11 bits per heavy atom. The van der Waals surface area contributed by atoms with E-state index in [2.05, 4.69) is 5.32 Å². The van der Waals surface area contributed by atoms with Gasteiger partial charge in [0.15, 0.2) is 0 Å². The van der Waals surface area contributed by atoms with Crippen molar-refractivity contribution in [2.45, 2.75) is 44.1 Å². The number of ether oxygens (including phenoxy) is 1. The molecular formula is C26H26Cl2N2O6. The Kier molecular flexibility index (Phi) is 8.00. The molecule has 0 saturated heterocycles. The second-order valence-electron chi connectivity index (χ2n) is 8.64. The third-order valence-electron chi connectivity index (χ3n) is 6.39. The summed E-state index contributed by atoms with van der Waals surface area (Å²) >= 11 is 12.2. The minimum Gasteiger partial charge on any atom is -0.486 e. The molecular weight excluding hydrogens is 507 g/mol. The first-order valence-corrected chi connectivity index (χ1v) is 12.3. The smallest absolute Gasteiger partial charge is 0.290 e. The Morgan fingerprint density at radius 2 is 1.86 bits per heavy atom. The van der Waals surface area contributed by atoms with Gasteiger partial charge in [0.05, 0.1) is 28.6 Å². The lowest BCUT2D eigenvalue weighted by molar-refractivity contribution is -0.148. The zero-order valence-corrected chi connectivity index (χ0v) is 21.0. The number of rotatable bonds is 8. The Balaban J connectivity index is 1.79. The quantitative estimate of drug-likeness (QED) is 0.450. The third kappa shape index (κ3) is 4.99. The van der Waals surface area contributed by atoms with Crippen LogP contribution in [0.4, 0.5) is 0 Å². The molecule has 2 aromatic rings. The monoisotopic (exact) mass is 532 g/mol. The van der Waals surface area contributed by atoms with Gasteiger partial charge in [-0.2, -0.15) is 0 Å². The number of nitrogens with zero attached hydrogens (tertiary/aromatic N) is 1. The van der Waals surface area contributed by atoms with Crippen LogP contribution in [0.1, 0.15) is 30.4 Å². The van der Waals surface area contributed by atoms with Crippen molar-refractivity contribution in [3.63, 3.8) is 0 Å². The zero-order valence-electron chi connectivity index (χ0n) is 19.5. The molecule has 4 rings (SSSR count). The number of aliphatic hydroxyl groups is 2. The minimum atomic E-state index is -1.24. The second kappa shape index (κ2) is 11.0. The van der Waals surface area contributed by atoms with E-state index in [1.165, 1.54) is 11.0 Å². The highest BCUT2D eigenvalue weighted by atomic mass is 35.5. The van der Waals surface area contributed by atoms with Gasteiger partial charge in [0.2, 0.25) is 11.7 Å². The van der Waals surface area contributed by atoms with Crippen molar-refractivity contribution < 1.29 is 29.3 Å². The number of aliphatic hydroxyl groups excluding tert-OH is 2. The van der Waals surface area contributed by atoms with Crippen LogP contribution >= 0.6 is 23.2 Å². The number of hydrogen-bond donors (Lipinski definition) is 3. The summed E-state index contributed by atoms with van der Waals surface area (Å²) in [6.45, 7) is 1.30. The van der Waals surface area contributed by atoms with Crippen molar-refractivity contribution in [3.05, 3.63) is 75.3 Å². The molecule has 36 heavy (non-hydrogen) atoms. The number of ketones is 1. The molecule has 1 heterocycles. The predicted molar refractivity (Wildman–Crippen MR) is 134 cm³/mol. The Hall–Kier alpha value is -2.91. The number of Topliss-reactive ketones (excluding diaryl/α,β-unsaturated/α-hetero) is 1. The molecule has 2 aromatic carbocycles. The Morgan fingerprint density at radius 3 is 2.56 bits per heavy atom. The normalized spacial score (nSPS) is 22.1. The number of halogens is 2. The van der Waals surface area contributed by atoms with Crippen LogP contribution in [0, 0.1) is 0 Å². The first-order valence-electron chi connectivity index (χ1n) is 11.6. The van der Waals surface area contributed by atoms with Gasteiger partial charge in [0.1, 0.15) is 18.0 Å². The van der Waals surface area contributed by atoms with Gasteiger partial charge in [-0.05, 0) is 29.8 Å². The van der Waals surface area contributed by atoms with Crippen LogP contribution < -0.4 is 10.1 Å². The average Bonchev–Trinajstić information content (AvgIpc) is 3.28. The fourth-order valence-electron chi connectivity index (χ4n) is 4.65. The van der Waals surface area contributed by atoms with Crippen LogP contribution in [-0.4, -0.2) is 64.1 Å². The van der Waals surface area contributed by atoms with Crippen LogP contribution in [0.15, 0.2) is 54.1 Å². The summed E-state index contributed by atoms with van der Waals surface area (Å²) in [7, 11) is 0. The molecule has 1 aliphatic carbocycles. The zero-order chi connectivity index (χ0) is 26.0. The lowest BCUT2D eigenvalue weighted by Crippen LogP contribution is -2.56. The molecule has 4 atom stereocenters. The van der Waals surface area contributed by atoms with Gasteiger partial charge in [0.25, 0.3) is 5.91 Å². The number of amides is 2. The topological polar surface area (TPSA) is 116 Å². The van der Waals surface area contributed by atoms with Crippen LogP contribution in [0.3, 0.4) is 0 Å². The summed E-state index contributed by atoms with van der Waals surface area (Å²) in [5.74, 6) is -1.96. The summed E-state index contributed by atoms with van der Waals surface area (Å²) in [5.41, 5.74) is 1.60. The molecule has 0 radical (unpaired) electrons. The number of nitrogens with one attached hydrogen (secondary N) is 1. The molecule has 10 heteroatoms. The van der Waals surface area contributed by atoms with E-state index >= 15 is 0 Å². The fraction of sp³-hybridized carbons (Fsp3) is 0.346. The van der Waals surface area contributed by atoms with Gasteiger partial charge < -0.3 is 25.2 Å². The number of carbonyl (C=O) groups is 3. The molecule has 190 valence electrons. The number of benzene rings is 2.